The maximum Gasteiger partial charge on any atom is 0.329 e. The third-order valence-corrected chi connectivity index (χ3v) is 2.75. The number of carbonyl (C=O) groups is 1. The molecule has 0 saturated carbocycles. The Labute approximate surface area is 116 Å². The zero-order chi connectivity index (χ0) is 14.4. The molecular weight excluding hydrogens is 274 g/mol. The van der Waals surface area contributed by atoms with Gasteiger partial charge in [0.15, 0.2) is 11.5 Å². The standard InChI is InChI=1S/C12H16ClNO5/c1-17-10-3-7(8(13)4-11(10)18-2)9(14)5-19-6-12(15)16/h3-4,9H,5-6,14H2,1-2H3,(H,15,16). The lowest BCUT2D eigenvalue weighted by atomic mass is 10.1. The van der Waals surface area contributed by atoms with Crippen LogP contribution in [0.5, 0.6) is 11.5 Å². The van der Waals surface area contributed by atoms with E-state index < -0.39 is 18.6 Å². The quantitative estimate of drug-likeness (QED) is 0.789. The normalized spacial score (nSPS) is 12.0. The first-order valence-corrected chi connectivity index (χ1v) is 5.84. The van der Waals surface area contributed by atoms with Crippen LogP contribution < -0.4 is 15.2 Å². The topological polar surface area (TPSA) is 91.0 Å². The van der Waals surface area contributed by atoms with Crippen molar-refractivity contribution in [3.05, 3.63) is 22.7 Å². The van der Waals surface area contributed by atoms with Gasteiger partial charge < -0.3 is 25.1 Å². The van der Waals surface area contributed by atoms with Gasteiger partial charge in [-0.1, -0.05) is 11.6 Å². The van der Waals surface area contributed by atoms with E-state index in [0.29, 0.717) is 22.1 Å². The smallest absolute Gasteiger partial charge is 0.329 e. The van der Waals surface area contributed by atoms with Crippen molar-refractivity contribution in [2.24, 2.45) is 5.73 Å². The monoisotopic (exact) mass is 289 g/mol. The molecule has 0 aromatic heterocycles. The number of carboxylic acids is 1. The molecule has 0 heterocycles. The summed E-state index contributed by atoms with van der Waals surface area (Å²) in [6.45, 7) is -0.361. The van der Waals surface area contributed by atoms with Crippen LogP contribution >= 0.6 is 11.6 Å². The number of hydrogen-bond donors (Lipinski definition) is 2. The van der Waals surface area contributed by atoms with E-state index in [2.05, 4.69) is 0 Å². The van der Waals surface area contributed by atoms with Crippen molar-refractivity contribution in [1.29, 1.82) is 0 Å². The van der Waals surface area contributed by atoms with Crippen molar-refractivity contribution in [3.63, 3.8) is 0 Å². The summed E-state index contributed by atoms with van der Waals surface area (Å²) in [4.78, 5) is 10.3. The molecule has 0 aliphatic heterocycles. The zero-order valence-corrected chi connectivity index (χ0v) is 11.4. The highest BCUT2D eigenvalue weighted by Crippen LogP contribution is 2.35. The van der Waals surface area contributed by atoms with Gasteiger partial charge in [0.25, 0.3) is 0 Å². The van der Waals surface area contributed by atoms with E-state index in [1.807, 2.05) is 0 Å². The SMILES string of the molecule is COc1cc(Cl)c(C(N)COCC(=O)O)cc1OC. The molecule has 0 aliphatic rings. The largest absolute Gasteiger partial charge is 0.493 e. The maximum absolute atomic E-state index is 10.3. The third kappa shape index (κ3) is 4.27. The summed E-state index contributed by atoms with van der Waals surface area (Å²) in [5, 5.41) is 8.88. The highest BCUT2D eigenvalue weighted by molar-refractivity contribution is 6.31. The van der Waals surface area contributed by atoms with Crippen LogP contribution in [0.1, 0.15) is 11.6 Å². The predicted octanol–water partition coefficient (Wildman–Crippen LogP) is 1.46. The Morgan fingerprint density at radius 2 is 1.95 bits per heavy atom. The van der Waals surface area contributed by atoms with Crippen molar-refractivity contribution in [1.82, 2.24) is 0 Å². The van der Waals surface area contributed by atoms with Gasteiger partial charge in [-0.25, -0.2) is 4.79 Å². The van der Waals surface area contributed by atoms with Gasteiger partial charge in [0, 0.05) is 11.1 Å². The molecule has 0 bridgehead atoms. The second-order valence-corrected chi connectivity index (χ2v) is 4.15. The number of hydrogen-bond acceptors (Lipinski definition) is 5. The van der Waals surface area contributed by atoms with Crippen LogP contribution in [0.25, 0.3) is 0 Å². The van der Waals surface area contributed by atoms with Crippen molar-refractivity contribution in [2.45, 2.75) is 6.04 Å². The van der Waals surface area contributed by atoms with Crippen LogP contribution in [0.4, 0.5) is 0 Å². The van der Waals surface area contributed by atoms with Crippen molar-refractivity contribution < 1.29 is 24.1 Å². The first kappa shape index (κ1) is 15.6. The Bertz CT molecular complexity index is 452. The number of methoxy groups -OCH3 is 2. The van der Waals surface area contributed by atoms with Crippen LogP contribution in [0.15, 0.2) is 12.1 Å². The molecule has 7 heteroatoms. The highest BCUT2D eigenvalue weighted by atomic mass is 35.5. The van der Waals surface area contributed by atoms with Crippen LogP contribution in [0.3, 0.4) is 0 Å². The Balaban J connectivity index is 2.84. The van der Waals surface area contributed by atoms with Crippen molar-refractivity contribution in [2.75, 3.05) is 27.4 Å². The van der Waals surface area contributed by atoms with E-state index >= 15 is 0 Å². The molecule has 0 fully saturated rings. The first-order chi connectivity index (χ1) is 8.99. The Morgan fingerprint density at radius 3 is 2.47 bits per heavy atom. The van der Waals surface area contributed by atoms with E-state index in [1.165, 1.54) is 14.2 Å². The summed E-state index contributed by atoms with van der Waals surface area (Å²) >= 11 is 6.09. The molecule has 0 saturated heterocycles. The van der Waals surface area contributed by atoms with Crippen LogP contribution in [-0.4, -0.2) is 38.5 Å². The average Bonchev–Trinajstić information content (AvgIpc) is 2.37. The summed E-state index contributed by atoms with van der Waals surface area (Å²) in [6.07, 6.45) is 0. The fourth-order valence-electron chi connectivity index (χ4n) is 1.52. The molecule has 1 atom stereocenters. The number of rotatable bonds is 7. The van der Waals surface area contributed by atoms with Gasteiger partial charge in [-0.05, 0) is 11.6 Å². The minimum absolute atomic E-state index is 0.0432. The van der Waals surface area contributed by atoms with Crippen molar-refractivity contribution >= 4 is 17.6 Å². The molecular formula is C12H16ClNO5. The molecule has 1 aromatic carbocycles. The van der Waals surface area contributed by atoms with Crippen LogP contribution in [0.2, 0.25) is 5.02 Å². The Kier molecular flexibility index (Phi) is 5.88. The van der Waals surface area contributed by atoms with E-state index in [4.69, 9.17) is 36.7 Å². The lowest BCUT2D eigenvalue weighted by Crippen LogP contribution is -2.20. The molecule has 0 amide bonds. The second kappa shape index (κ2) is 7.18. The van der Waals surface area contributed by atoms with Gasteiger partial charge in [-0.2, -0.15) is 0 Å². The minimum Gasteiger partial charge on any atom is -0.493 e. The number of halogens is 1. The second-order valence-electron chi connectivity index (χ2n) is 3.74. The van der Waals surface area contributed by atoms with E-state index in [9.17, 15) is 4.79 Å². The number of benzene rings is 1. The van der Waals surface area contributed by atoms with E-state index in [1.54, 1.807) is 12.1 Å². The average molecular weight is 290 g/mol. The summed E-state index contributed by atoms with van der Waals surface area (Å²) in [6, 6.07) is 2.69. The molecule has 1 unspecified atom stereocenters. The molecule has 19 heavy (non-hydrogen) atoms. The summed E-state index contributed by atoms with van der Waals surface area (Å²) < 4.78 is 15.2. The highest BCUT2D eigenvalue weighted by Gasteiger charge is 2.16. The van der Waals surface area contributed by atoms with E-state index in [-0.39, 0.29) is 6.61 Å². The Hall–Kier alpha value is -1.50. The fraction of sp³-hybridized carbons (Fsp3) is 0.417. The number of nitrogens with two attached hydrogens (primary N) is 1. The molecule has 106 valence electrons. The van der Waals surface area contributed by atoms with Crippen LogP contribution in [-0.2, 0) is 9.53 Å². The summed E-state index contributed by atoms with van der Waals surface area (Å²) in [5.74, 6) is -0.0592. The van der Waals surface area contributed by atoms with Gasteiger partial charge in [0.2, 0.25) is 0 Å². The summed E-state index contributed by atoms with van der Waals surface area (Å²) in [7, 11) is 3.01. The molecule has 3 N–H and O–H groups in total. The lowest BCUT2D eigenvalue weighted by Gasteiger charge is -2.16. The van der Waals surface area contributed by atoms with Gasteiger partial charge in [0.1, 0.15) is 6.61 Å². The molecule has 0 spiro atoms. The van der Waals surface area contributed by atoms with E-state index in [0.717, 1.165) is 0 Å². The van der Waals surface area contributed by atoms with Gasteiger partial charge in [-0.3, -0.25) is 0 Å². The molecule has 0 aliphatic carbocycles. The molecule has 6 nitrogen and oxygen atoms in total. The van der Waals surface area contributed by atoms with Crippen molar-refractivity contribution in [3.8, 4) is 11.5 Å². The first-order valence-electron chi connectivity index (χ1n) is 5.46. The zero-order valence-electron chi connectivity index (χ0n) is 10.7. The number of aliphatic carboxylic acids is 1. The molecule has 0 radical (unpaired) electrons. The Morgan fingerprint density at radius 1 is 1.37 bits per heavy atom. The number of ether oxygens (including phenoxy) is 3. The van der Waals surface area contributed by atoms with Gasteiger partial charge in [0.05, 0.1) is 26.9 Å². The predicted molar refractivity (Wildman–Crippen MR) is 69.9 cm³/mol. The number of carboxylic acid groups (broad SMARTS) is 1. The van der Waals surface area contributed by atoms with Gasteiger partial charge in [-0.15, -0.1) is 0 Å². The summed E-state index contributed by atoms with van der Waals surface area (Å²) in [5.41, 5.74) is 6.50. The minimum atomic E-state index is -1.05. The third-order valence-electron chi connectivity index (χ3n) is 2.43. The molecule has 1 rings (SSSR count). The fourth-order valence-corrected chi connectivity index (χ4v) is 1.81. The van der Waals surface area contributed by atoms with Crippen LogP contribution in [0, 0.1) is 0 Å². The lowest BCUT2D eigenvalue weighted by molar-refractivity contribution is -0.142. The maximum atomic E-state index is 10.3. The van der Waals surface area contributed by atoms with Gasteiger partial charge >= 0.3 is 5.97 Å². The molecule has 1 aromatic rings.